The van der Waals surface area contributed by atoms with Gasteiger partial charge in [-0.2, -0.15) is 0 Å². The van der Waals surface area contributed by atoms with E-state index < -0.39 is 5.60 Å². The van der Waals surface area contributed by atoms with Crippen LogP contribution in [-0.2, 0) is 12.0 Å². The third-order valence-electron chi connectivity index (χ3n) is 3.87. The second-order valence-electron chi connectivity index (χ2n) is 5.36. The Morgan fingerprint density at radius 2 is 1.74 bits per heavy atom. The van der Waals surface area contributed by atoms with Crippen molar-refractivity contribution in [2.24, 2.45) is 0 Å². The van der Waals surface area contributed by atoms with Crippen molar-refractivity contribution in [3.8, 4) is 5.75 Å². The number of rotatable bonds is 2. The van der Waals surface area contributed by atoms with Crippen LogP contribution in [-0.4, -0.2) is 11.7 Å². The van der Waals surface area contributed by atoms with Crippen LogP contribution in [0.15, 0.2) is 42.5 Å². The highest BCUT2D eigenvalue weighted by molar-refractivity contribution is 5.45. The molecule has 2 aromatic carbocycles. The molecule has 0 aliphatic carbocycles. The highest BCUT2D eigenvalue weighted by Gasteiger charge is 2.27. The molecule has 98 valence electrons. The summed E-state index contributed by atoms with van der Waals surface area (Å²) in [5.74, 6) is 0.948. The summed E-state index contributed by atoms with van der Waals surface area (Å²) >= 11 is 0. The van der Waals surface area contributed by atoms with Gasteiger partial charge >= 0.3 is 0 Å². The fourth-order valence-electron chi connectivity index (χ4n) is 2.53. The Kier molecular flexibility index (Phi) is 2.83. The molecule has 0 amide bonds. The zero-order chi connectivity index (χ0) is 13.5. The fourth-order valence-corrected chi connectivity index (χ4v) is 2.53. The number of ether oxygens (including phenoxy) is 1. The largest absolute Gasteiger partial charge is 0.493 e. The van der Waals surface area contributed by atoms with Crippen molar-refractivity contribution < 1.29 is 9.84 Å². The second kappa shape index (κ2) is 4.39. The number of fused-ring (bicyclic) bond motifs is 1. The van der Waals surface area contributed by atoms with Gasteiger partial charge in [0.1, 0.15) is 11.4 Å². The average Bonchev–Trinajstić information content (AvgIpc) is 2.86. The predicted molar refractivity (Wildman–Crippen MR) is 75.5 cm³/mol. The smallest absolute Gasteiger partial charge is 0.122 e. The van der Waals surface area contributed by atoms with Gasteiger partial charge in [-0.3, -0.25) is 0 Å². The molecule has 0 spiro atoms. The molecule has 1 N–H and O–H groups in total. The van der Waals surface area contributed by atoms with Gasteiger partial charge in [0.25, 0.3) is 0 Å². The minimum Gasteiger partial charge on any atom is -0.493 e. The Hall–Kier alpha value is -1.80. The lowest BCUT2D eigenvalue weighted by atomic mass is 9.87. The number of aliphatic hydroxyl groups is 1. The number of hydrogen-bond acceptors (Lipinski definition) is 2. The van der Waals surface area contributed by atoms with Crippen LogP contribution >= 0.6 is 0 Å². The molecule has 0 saturated carbocycles. The van der Waals surface area contributed by atoms with Crippen molar-refractivity contribution in [2.45, 2.75) is 25.9 Å². The minimum absolute atomic E-state index is 0.742. The first kappa shape index (κ1) is 12.2. The number of hydrogen-bond donors (Lipinski definition) is 1. The summed E-state index contributed by atoms with van der Waals surface area (Å²) in [6.07, 6.45) is 0.924. The molecular weight excluding hydrogens is 236 g/mol. The van der Waals surface area contributed by atoms with Gasteiger partial charge < -0.3 is 9.84 Å². The van der Waals surface area contributed by atoms with Crippen molar-refractivity contribution >= 4 is 0 Å². The first-order valence-electron chi connectivity index (χ1n) is 6.63. The van der Waals surface area contributed by atoms with Crippen molar-refractivity contribution in [2.75, 3.05) is 6.61 Å². The SMILES string of the molecule is Cc1ccc(C(C)(O)c2ccc3c(c2)CCO3)cc1. The minimum atomic E-state index is -0.967. The third-order valence-corrected chi connectivity index (χ3v) is 3.87. The van der Waals surface area contributed by atoms with Crippen LogP contribution in [0.2, 0.25) is 0 Å². The molecule has 1 unspecified atom stereocenters. The van der Waals surface area contributed by atoms with Crippen LogP contribution < -0.4 is 4.74 Å². The molecule has 2 nitrogen and oxygen atoms in total. The first-order valence-corrected chi connectivity index (χ1v) is 6.63. The van der Waals surface area contributed by atoms with E-state index in [1.54, 1.807) is 0 Å². The lowest BCUT2D eigenvalue weighted by Gasteiger charge is -2.25. The highest BCUT2D eigenvalue weighted by Crippen LogP contribution is 2.34. The van der Waals surface area contributed by atoms with E-state index in [-0.39, 0.29) is 0 Å². The van der Waals surface area contributed by atoms with Crippen LogP contribution in [0.3, 0.4) is 0 Å². The van der Waals surface area contributed by atoms with E-state index in [1.807, 2.05) is 50.2 Å². The van der Waals surface area contributed by atoms with Gasteiger partial charge in [0.2, 0.25) is 0 Å². The normalized spacial score (nSPS) is 16.6. The van der Waals surface area contributed by atoms with E-state index in [0.717, 1.165) is 29.9 Å². The number of aryl methyl sites for hydroxylation is 1. The first-order chi connectivity index (χ1) is 9.07. The van der Waals surface area contributed by atoms with Crippen LogP contribution in [0.25, 0.3) is 0 Å². The maximum atomic E-state index is 10.8. The molecule has 1 aliphatic rings. The lowest BCUT2D eigenvalue weighted by molar-refractivity contribution is 0.102. The summed E-state index contributed by atoms with van der Waals surface area (Å²) in [6, 6.07) is 14.0. The molecule has 3 rings (SSSR count). The Morgan fingerprint density at radius 1 is 1.05 bits per heavy atom. The molecule has 0 fully saturated rings. The van der Waals surface area contributed by atoms with Crippen LogP contribution in [0.1, 0.15) is 29.2 Å². The summed E-state index contributed by atoms with van der Waals surface area (Å²) < 4.78 is 5.51. The van der Waals surface area contributed by atoms with E-state index in [0.29, 0.717) is 0 Å². The monoisotopic (exact) mass is 254 g/mol. The molecule has 0 aromatic heterocycles. The lowest BCUT2D eigenvalue weighted by Crippen LogP contribution is -2.22. The standard InChI is InChI=1S/C17H18O2/c1-12-3-5-14(6-4-12)17(2,18)15-7-8-16-13(11-15)9-10-19-16/h3-8,11,18H,9-10H2,1-2H3. The molecule has 1 atom stereocenters. The molecular formula is C17H18O2. The Bertz CT molecular complexity index is 597. The summed E-state index contributed by atoms with van der Waals surface area (Å²) in [7, 11) is 0. The number of benzene rings is 2. The molecule has 2 heteroatoms. The topological polar surface area (TPSA) is 29.5 Å². The average molecular weight is 254 g/mol. The zero-order valence-corrected chi connectivity index (χ0v) is 11.3. The van der Waals surface area contributed by atoms with E-state index in [4.69, 9.17) is 4.74 Å². The van der Waals surface area contributed by atoms with E-state index >= 15 is 0 Å². The maximum absolute atomic E-state index is 10.8. The van der Waals surface area contributed by atoms with Crippen LogP contribution in [0, 0.1) is 6.92 Å². The third kappa shape index (κ3) is 2.13. The summed E-state index contributed by atoms with van der Waals surface area (Å²) in [6.45, 7) is 4.63. The summed E-state index contributed by atoms with van der Waals surface area (Å²) in [4.78, 5) is 0. The van der Waals surface area contributed by atoms with Gasteiger partial charge in [0.05, 0.1) is 6.61 Å². The van der Waals surface area contributed by atoms with Gasteiger partial charge in [-0.15, -0.1) is 0 Å². The summed E-state index contributed by atoms with van der Waals surface area (Å²) in [5, 5.41) is 10.8. The van der Waals surface area contributed by atoms with E-state index in [2.05, 4.69) is 6.07 Å². The van der Waals surface area contributed by atoms with Crippen molar-refractivity contribution in [3.63, 3.8) is 0 Å². The van der Waals surface area contributed by atoms with Crippen molar-refractivity contribution in [3.05, 3.63) is 64.7 Å². The Labute approximate surface area is 113 Å². The Morgan fingerprint density at radius 3 is 2.47 bits per heavy atom. The zero-order valence-electron chi connectivity index (χ0n) is 11.3. The molecule has 0 bridgehead atoms. The van der Waals surface area contributed by atoms with Gasteiger partial charge in [0, 0.05) is 6.42 Å². The van der Waals surface area contributed by atoms with E-state index in [1.165, 1.54) is 11.1 Å². The predicted octanol–water partition coefficient (Wildman–Crippen LogP) is 3.19. The second-order valence-corrected chi connectivity index (χ2v) is 5.36. The molecule has 2 aromatic rings. The molecule has 0 radical (unpaired) electrons. The van der Waals surface area contributed by atoms with Crippen LogP contribution in [0.5, 0.6) is 5.75 Å². The summed E-state index contributed by atoms with van der Waals surface area (Å²) in [5.41, 5.74) is 3.25. The van der Waals surface area contributed by atoms with Crippen molar-refractivity contribution in [1.29, 1.82) is 0 Å². The van der Waals surface area contributed by atoms with Gasteiger partial charge in [0.15, 0.2) is 0 Å². The Balaban J connectivity index is 2.02. The molecule has 0 saturated heterocycles. The van der Waals surface area contributed by atoms with E-state index in [9.17, 15) is 5.11 Å². The molecule has 19 heavy (non-hydrogen) atoms. The maximum Gasteiger partial charge on any atom is 0.122 e. The quantitative estimate of drug-likeness (QED) is 0.892. The highest BCUT2D eigenvalue weighted by atomic mass is 16.5. The molecule has 1 aliphatic heterocycles. The van der Waals surface area contributed by atoms with Gasteiger partial charge in [-0.05, 0) is 42.7 Å². The van der Waals surface area contributed by atoms with Gasteiger partial charge in [-0.1, -0.05) is 35.9 Å². The van der Waals surface area contributed by atoms with Crippen LogP contribution in [0.4, 0.5) is 0 Å². The molecule has 1 heterocycles. The fraction of sp³-hybridized carbons (Fsp3) is 0.294. The van der Waals surface area contributed by atoms with Crippen molar-refractivity contribution in [1.82, 2.24) is 0 Å². The van der Waals surface area contributed by atoms with Gasteiger partial charge in [-0.25, -0.2) is 0 Å².